The number of nitrogens with zero attached hydrogens (tertiary/aromatic N) is 2. The fourth-order valence-electron chi connectivity index (χ4n) is 1.95. The lowest BCUT2D eigenvalue weighted by Crippen LogP contribution is -2.34. The molecule has 0 N–H and O–H groups in total. The third kappa shape index (κ3) is 2.56. The van der Waals surface area contributed by atoms with Gasteiger partial charge in [-0.3, -0.25) is 4.79 Å². The van der Waals surface area contributed by atoms with E-state index in [1.165, 1.54) is 5.56 Å². The second-order valence-electron chi connectivity index (χ2n) is 4.76. The number of hydrogen-bond acceptors (Lipinski definition) is 2. The van der Waals surface area contributed by atoms with Gasteiger partial charge < -0.3 is 4.90 Å². The molecule has 0 aliphatic heterocycles. The fourth-order valence-corrected chi connectivity index (χ4v) is 2.44. The zero-order chi connectivity index (χ0) is 13.2. The SMILES string of the molecule is CN(CCc1ccccc1Br)C(=O)C1(C#N)CC1. The summed E-state index contributed by atoms with van der Waals surface area (Å²) in [7, 11) is 1.77. The Balaban J connectivity index is 1.93. The molecule has 1 amide bonds. The van der Waals surface area contributed by atoms with E-state index in [4.69, 9.17) is 5.26 Å². The van der Waals surface area contributed by atoms with Crippen LogP contribution in [0.4, 0.5) is 0 Å². The zero-order valence-corrected chi connectivity index (χ0v) is 11.9. The normalized spacial score (nSPS) is 15.8. The highest BCUT2D eigenvalue weighted by atomic mass is 79.9. The Morgan fingerprint density at radius 1 is 1.50 bits per heavy atom. The largest absolute Gasteiger partial charge is 0.344 e. The van der Waals surface area contributed by atoms with Gasteiger partial charge in [0.15, 0.2) is 0 Å². The molecular formula is C14H15BrN2O. The molecule has 1 saturated carbocycles. The van der Waals surface area contributed by atoms with Crippen LogP contribution in [0.2, 0.25) is 0 Å². The minimum absolute atomic E-state index is 0.0305. The Hall–Kier alpha value is -1.34. The Labute approximate surface area is 116 Å². The number of rotatable bonds is 4. The van der Waals surface area contributed by atoms with Crippen molar-refractivity contribution >= 4 is 21.8 Å². The Bertz CT molecular complexity index is 503. The number of nitriles is 1. The predicted molar refractivity (Wildman–Crippen MR) is 72.8 cm³/mol. The first kappa shape index (κ1) is 13.1. The maximum atomic E-state index is 12.1. The minimum atomic E-state index is -0.706. The number of benzene rings is 1. The van der Waals surface area contributed by atoms with Gasteiger partial charge in [-0.2, -0.15) is 5.26 Å². The molecule has 0 saturated heterocycles. The van der Waals surface area contributed by atoms with Crippen LogP contribution in [0.5, 0.6) is 0 Å². The van der Waals surface area contributed by atoms with Gasteiger partial charge in [0.05, 0.1) is 6.07 Å². The lowest BCUT2D eigenvalue weighted by molar-refractivity contribution is -0.133. The van der Waals surface area contributed by atoms with Crippen molar-refractivity contribution in [1.82, 2.24) is 4.90 Å². The molecule has 0 heterocycles. The third-order valence-corrected chi connectivity index (χ3v) is 4.17. The molecule has 0 radical (unpaired) electrons. The second kappa shape index (κ2) is 5.11. The third-order valence-electron chi connectivity index (χ3n) is 3.39. The van der Waals surface area contributed by atoms with Gasteiger partial charge in [0, 0.05) is 18.1 Å². The first-order valence-electron chi connectivity index (χ1n) is 5.99. The van der Waals surface area contributed by atoms with Crippen molar-refractivity contribution in [3.05, 3.63) is 34.3 Å². The van der Waals surface area contributed by atoms with Crippen LogP contribution >= 0.6 is 15.9 Å². The Morgan fingerprint density at radius 2 is 2.17 bits per heavy atom. The quantitative estimate of drug-likeness (QED) is 0.858. The van der Waals surface area contributed by atoms with Crippen molar-refractivity contribution in [2.45, 2.75) is 19.3 Å². The van der Waals surface area contributed by atoms with Crippen LogP contribution in [0.1, 0.15) is 18.4 Å². The van der Waals surface area contributed by atoms with Crippen molar-refractivity contribution in [2.75, 3.05) is 13.6 Å². The van der Waals surface area contributed by atoms with Crippen molar-refractivity contribution in [3.63, 3.8) is 0 Å². The summed E-state index contributed by atoms with van der Waals surface area (Å²) < 4.78 is 1.06. The van der Waals surface area contributed by atoms with Gasteiger partial charge in [0.25, 0.3) is 0 Å². The molecule has 1 aromatic carbocycles. The number of carbonyl (C=O) groups excluding carboxylic acids is 1. The molecule has 2 rings (SSSR count). The number of likely N-dealkylation sites (N-methyl/N-ethyl adjacent to an activating group) is 1. The molecule has 0 bridgehead atoms. The number of amides is 1. The summed E-state index contributed by atoms with van der Waals surface area (Å²) in [6, 6.07) is 10.1. The molecule has 0 unspecified atom stereocenters. The molecule has 4 heteroatoms. The molecule has 1 aliphatic rings. The Morgan fingerprint density at radius 3 is 2.72 bits per heavy atom. The molecule has 1 fully saturated rings. The molecule has 0 aromatic heterocycles. The van der Waals surface area contributed by atoms with Crippen molar-refractivity contribution in [1.29, 1.82) is 5.26 Å². The average molecular weight is 307 g/mol. The highest BCUT2D eigenvalue weighted by Gasteiger charge is 2.51. The van der Waals surface area contributed by atoms with E-state index < -0.39 is 5.41 Å². The van der Waals surface area contributed by atoms with Gasteiger partial charge in [0.1, 0.15) is 5.41 Å². The maximum absolute atomic E-state index is 12.1. The Kier molecular flexibility index (Phi) is 3.72. The number of hydrogen-bond donors (Lipinski definition) is 0. The summed E-state index contributed by atoms with van der Waals surface area (Å²) in [6.07, 6.45) is 2.22. The van der Waals surface area contributed by atoms with E-state index in [0.29, 0.717) is 19.4 Å². The van der Waals surface area contributed by atoms with Crippen LogP contribution in [0, 0.1) is 16.7 Å². The minimum Gasteiger partial charge on any atom is -0.344 e. The van der Waals surface area contributed by atoms with E-state index in [2.05, 4.69) is 22.0 Å². The predicted octanol–water partition coefficient (Wildman–Crippen LogP) is 2.75. The van der Waals surface area contributed by atoms with Crippen molar-refractivity contribution in [2.24, 2.45) is 5.41 Å². The topological polar surface area (TPSA) is 44.1 Å². The van der Waals surface area contributed by atoms with Gasteiger partial charge in [-0.15, -0.1) is 0 Å². The van der Waals surface area contributed by atoms with Crippen LogP contribution in [0.25, 0.3) is 0 Å². The summed E-state index contributed by atoms with van der Waals surface area (Å²) in [6.45, 7) is 0.644. The lowest BCUT2D eigenvalue weighted by atomic mass is 10.1. The highest BCUT2D eigenvalue weighted by molar-refractivity contribution is 9.10. The van der Waals surface area contributed by atoms with Gasteiger partial charge in [-0.25, -0.2) is 0 Å². The summed E-state index contributed by atoms with van der Waals surface area (Å²) in [5.41, 5.74) is 0.474. The van der Waals surface area contributed by atoms with Crippen LogP contribution in [0.3, 0.4) is 0 Å². The number of carbonyl (C=O) groups is 1. The first-order valence-corrected chi connectivity index (χ1v) is 6.78. The van der Waals surface area contributed by atoms with E-state index >= 15 is 0 Å². The maximum Gasteiger partial charge on any atom is 0.242 e. The fraction of sp³-hybridized carbons (Fsp3) is 0.429. The van der Waals surface area contributed by atoms with Crippen molar-refractivity contribution in [3.8, 4) is 6.07 Å². The molecule has 1 aromatic rings. The van der Waals surface area contributed by atoms with Gasteiger partial charge in [-0.1, -0.05) is 34.1 Å². The summed E-state index contributed by atoms with van der Waals surface area (Å²) in [5, 5.41) is 9.00. The summed E-state index contributed by atoms with van der Waals surface area (Å²) in [5.74, 6) is -0.0305. The van der Waals surface area contributed by atoms with Gasteiger partial charge >= 0.3 is 0 Å². The standard InChI is InChI=1S/C14H15BrN2O/c1-17(13(18)14(10-16)7-8-14)9-6-11-4-2-3-5-12(11)15/h2-5H,6-9H2,1H3. The summed E-state index contributed by atoms with van der Waals surface area (Å²) in [4.78, 5) is 13.7. The van der Waals surface area contributed by atoms with E-state index in [1.54, 1.807) is 11.9 Å². The monoisotopic (exact) mass is 306 g/mol. The molecule has 94 valence electrons. The molecule has 0 atom stereocenters. The van der Waals surface area contributed by atoms with Gasteiger partial charge in [-0.05, 0) is 30.9 Å². The van der Waals surface area contributed by atoms with Crippen molar-refractivity contribution < 1.29 is 4.79 Å². The van der Waals surface area contributed by atoms with Crippen LogP contribution in [-0.2, 0) is 11.2 Å². The van der Waals surface area contributed by atoms with Crippen LogP contribution < -0.4 is 0 Å². The van der Waals surface area contributed by atoms with E-state index in [9.17, 15) is 4.79 Å². The van der Waals surface area contributed by atoms with Gasteiger partial charge in [0.2, 0.25) is 5.91 Å². The van der Waals surface area contributed by atoms with E-state index in [-0.39, 0.29) is 5.91 Å². The first-order chi connectivity index (χ1) is 8.59. The molecule has 18 heavy (non-hydrogen) atoms. The van der Waals surface area contributed by atoms with E-state index in [0.717, 1.165) is 10.9 Å². The van der Waals surface area contributed by atoms with E-state index in [1.807, 2.05) is 24.3 Å². The second-order valence-corrected chi connectivity index (χ2v) is 5.62. The molecular weight excluding hydrogens is 292 g/mol. The lowest BCUT2D eigenvalue weighted by Gasteiger charge is -2.19. The van der Waals surface area contributed by atoms with Crippen LogP contribution in [-0.4, -0.2) is 24.4 Å². The summed E-state index contributed by atoms with van der Waals surface area (Å²) >= 11 is 3.49. The molecule has 3 nitrogen and oxygen atoms in total. The average Bonchev–Trinajstić information content (AvgIpc) is 3.17. The zero-order valence-electron chi connectivity index (χ0n) is 10.3. The smallest absolute Gasteiger partial charge is 0.242 e. The number of halogens is 1. The van der Waals surface area contributed by atoms with Crippen LogP contribution in [0.15, 0.2) is 28.7 Å². The molecule has 1 aliphatic carbocycles. The molecule has 0 spiro atoms. The highest BCUT2D eigenvalue weighted by Crippen LogP contribution is 2.46.